The van der Waals surface area contributed by atoms with E-state index in [0.717, 1.165) is 22.2 Å². The molecule has 96 valence electrons. The van der Waals surface area contributed by atoms with Crippen LogP contribution in [0.3, 0.4) is 0 Å². The third-order valence-electron chi connectivity index (χ3n) is 2.31. The van der Waals surface area contributed by atoms with Crippen LogP contribution in [0.4, 0.5) is 0 Å². The summed E-state index contributed by atoms with van der Waals surface area (Å²) in [6, 6.07) is 7.57. The Bertz CT molecular complexity index is 482. The highest BCUT2D eigenvalue weighted by molar-refractivity contribution is 7.09. The first-order valence-corrected chi connectivity index (χ1v) is 6.68. The topological polar surface area (TPSA) is 57.4 Å². The van der Waals surface area contributed by atoms with Crippen molar-refractivity contribution < 1.29 is 9.47 Å². The van der Waals surface area contributed by atoms with Crippen LogP contribution in [0.15, 0.2) is 29.6 Å². The zero-order valence-electron chi connectivity index (χ0n) is 10.3. The minimum atomic E-state index is 0.471. The zero-order chi connectivity index (χ0) is 12.8. The van der Waals surface area contributed by atoms with E-state index in [0.29, 0.717) is 19.8 Å². The molecule has 5 heteroatoms. The van der Waals surface area contributed by atoms with Crippen molar-refractivity contribution in [1.29, 1.82) is 0 Å². The van der Waals surface area contributed by atoms with Crippen LogP contribution in [0.2, 0.25) is 0 Å². The fraction of sp³-hybridized carbons (Fsp3) is 0.308. The first-order chi connectivity index (χ1) is 8.81. The Hall–Kier alpha value is -1.59. The summed E-state index contributed by atoms with van der Waals surface area (Å²) < 4.78 is 11.0. The molecule has 0 fully saturated rings. The molecule has 18 heavy (non-hydrogen) atoms. The molecule has 0 radical (unpaired) electrons. The average Bonchev–Trinajstić information content (AvgIpc) is 2.86. The van der Waals surface area contributed by atoms with Gasteiger partial charge in [-0.3, -0.25) is 0 Å². The molecule has 0 saturated heterocycles. The molecule has 0 amide bonds. The molecule has 0 saturated carbocycles. The lowest BCUT2D eigenvalue weighted by Crippen LogP contribution is -1.99. The summed E-state index contributed by atoms with van der Waals surface area (Å²) in [5, 5.41) is 2.89. The number of benzene rings is 1. The summed E-state index contributed by atoms with van der Waals surface area (Å²) in [4.78, 5) is 4.33. The number of nitrogens with two attached hydrogens (primary N) is 1. The van der Waals surface area contributed by atoms with E-state index in [2.05, 4.69) is 4.98 Å². The molecule has 0 aliphatic carbocycles. The molecule has 2 rings (SSSR count). The number of ether oxygens (including phenoxy) is 2. The molecule has 1 heterocycles. The summed E-state index contributed by atoms with van der Waals surface area (Å²) in [5.74, 6) is 1.66. The summed E-state index contributed by atoms with van der Waals surface area (Å²) in [6.07, 6.45) is 0. The van der Waals surface area contributed by atoms with E-state index >= 15 is 0 Å². The summed E-state index contributed by atoms with van der Waals surface area (Å²) in [5.41, 5.74) is 6.41. The van der Waals surface area contributed by atoms with Crippen molar-refractivity contribution >= 4 is 11.3 Å². The molecular weight excluding hydrogens is 248 g/mol. The van der Waals surface area contributed by atoms with Crippen LogP contribution >= 0.6 is 11.3 Å². The predicted molar refractivity (Wildman–Crippen MR) is 71.9 cm³/mol. The normalized spacial score (nSPS) is 10.3. The van der Waals surface area contributed by atoms with E-state index in [-0.39, 0.29) is 0 Å². The molecule has 0 bridgehead atoms. The molecule has 0 spiro atoms. The van der Waals surface area contributed by atoms with Crippen molar-refractivity contribution in [2.24, 2.45) is 5.73 Å². The third-order valence-corrected chi connectivity index (χ3v) is 3.18. The molecule has 2 N–H and O–H groups in total. The molecule has 2 aromatic rings. The van der Waals surface area contributed by atoms with E-state index < -0.39 is 0 Å². The Kier molecular flexibility index (Phi) is 4.55. The maximum absolute atomic E-state index is 5.63. The first-order valence-electron chi connectivity index (χ1n) is 5.81. The molecule has 0 unspecified atom stereocenters. The van der Waals surface area contributed by atoms with Gasteiger partial charge in [0.25, 0.3) is 0 Å². The zero-order valence-corrected chi connectivity index (χ0v) is 11.1. The van der Waals surface area contributed by atoms with Crippen LogP contribution in [0.5, 0.6) is 11.5 Å². The lowest BCUT2D eigenvalue weighted by Gasteiger charge is -2.06. The smallest absolute Gasteiger partial charge is 0.140 e. The van der Waals surface area contributed by atoms with Crippen molar-refractivity contribution in [3.63, 3.8) is 0 Å². The average molecular weight is 264 g/mol. The highest BCUT2D eigenvalue weighted by Crippen LogP contribution is 2.19. The van der Waals surface area contributed by atoms with Crippen molar-refractivity contribution in [3.8, 4) is 11.5 Å². The minimum absolute atomic E-state index is 0.471. The highest BCUT2D eigenvalue weighted by atomic mass is 32.1. The number of hydrogen-bond acceptors (Lipinski definition) is 5. The van der Waals surface area contributed by atoms with Gasteiger partial charge in [0.15, 0.2) is 0 Å². The van der Waals surface area contributed by atoms with E-state index in [1.165, 1.54) is 0 Å². The van der Waals surface area contributed by atoms with Crippen molar-refractivity contribution in [1.82, 2.24) is 4.98 Å². The van der Waals surface area contributed by atoms with E-state index in [9.17, 15) is 0 Å². The van der Waals surface area contributed by atoms with Crippen molar-refractivity contribution in [2.45, 2.75) is 20.1 Å². The SMILES string of the molecule is CCOc1ccc(OCc2nc(CN)cs2)cc1. The van der Waals surface area contributed by atoms with Gasteiger partial charge in [-0.15, -0.1) is 11.3 Å². The van der Waals surface area contributed by atoms with Gasteiger partial charge >= 0.3 is 0 Å². The molecule has 0 atom stereocenters. The van der Waals surface area contributed by atoms with Crippen LogP contribution in [-0.2, 0) is 13.2 Å². The monoisotopic (exact) mass is 264 g/mol. The Morgan fingerprint density at radius 2 is 1.83 bits per heavy atom. The summed E-state index contributed by atoms with van der Waals surface area (Å²) in [6.45, 7) is 3.57. The number of rotatable bonds is 6. The number of nitrogens with zero attached hydrogens (tertiary/aromatic N) is 1. The molecule has 1 aromatic carbocycles. The van der Waals surface area contributed by atoms with Crippen LogP contribution in [0.1, 0.15) is 17.6 Å². The van der Waals surface area contributed by atoms with Gasteiger partial charge in [0.05, 0.1) is 12.3 Å². The van der Waals surface area contributed by atoms with Crippen molar-refractivity contribution in [2.75, 3.05) is 6.61 Å². The Labute approximate surface area is 110 Å². The molecule has 4 nitrogen and oxygen atoms in total. The van der Waals surface area contributed by atoms with Gasteiger partial charge in [0.1, 0.15) is 23.1 Å². The maximum Gasteiger partial charge on any atom is 0.140 e. The molecule has 1 aromatic heterocycles. The van der Waals surface area contributed by atoms with Crippen LogP contribution in [-0.4, -0.2) is 11.6 Å². The molecule has 0 aliphatic heterocycles. The fourth-order valence-corrected chi connectivity index (χ4v) is 2.17. The van der Waals surface area contributed by atoms with Gasteiger partial charge in [-0.25, -0.2) is 4.98 Å². The van der Waals surface area contributed by atoms with Gasteiger partial charge < -0.3 is 15.2 Å². The van der Waals surface area contributed by atoms with E-state index in [1.54, 1.807) is 11.3 Å². The number of thiazole rings is 1. The molecule has 0 aliphatic rings. The minimum Gasteiger partial charge on any atom is -0.494 e. The van der Waals surface area contributed by atoms with Gasteiger partial charge in [-0.05, 0) is 31.2 Å². The lowest BCUT2D eigenvalue weighted by molar-refractivity contribution is 0.303. The van der Waals surface area contributed by atoms with Gasteiger partial charge in [-0.2, -0.15) is 0 Å². The summed E-state index contributed by atoms with van der Waals surface area (Å²) >= 11 is 1.56. The third kappa shape index (κ3) is 3.45. The first kappa shape index (κ1) is 12.9. The van der Waals surface area contributed by atoms with Gasteiger partial charge in [-0.1, -0.05) is 0 Å². The van der Waals surface area contributed by atoms with E-state index in [4.69, 9.17) is 15.2 Å². The second-order valence-corrected chi connectivity index (χ2v) is 4.57. The number of aromatic nitrogens is 1. The Balaban J connectivity index is 1.89. The quantitative estimate of drug-likeness (QED) is 0.871. The second kappa shape index (κ2) is 6.37. The fourth-order valence-electron chi connectivity index (χ4n) is 1.45. The van der Waals surface area contributed by atoms with Crippen LogP contribution < -0.4 is 15.2 Å². The van der Waals surface area contributed by atoms with Gasteiger partial charge in [0, 0.05) is 11.9 Å². The Morgan fingerprint density at radius 3 is 2.39 bits per heavy atom. The Morgan fingerprint density at radius 1 is 1.17 bits per heavy atom. The number of hydrogen-bond donors (Lipinski definition) is 1. The van der Waals surface area contributed by atoms with E-state index in [1.807, 2.05) is 36.6 Å². The summed E-state index contributed by atoms with van der Waals surface area (Å²) in [7, 11) is 0. The van der Waals surface area contributed by atoms with Crippen LogP contribution in [0, 0.1) is 0 Å². The predicted octanol–water partition coefficient (Wildman–Crippen LogP) is 2.58. The standard InChI is InChI=1S/C13H16N2O2S/c1-2-16-11-3-5-12(6-4-11)17-8-13-15-10(7-14)9-18-13/h3-6,9H,2,7-8,14H2,1H3. The lowest BCUT2D eigenvalue weighted by atomic mass is 10.3. The largest absolute Gasteiger partial charge is 0.494 e. The van der Waals surface area contributed by atoms with Crippen LogP contribution in [0.25, 0.3) is 0 Å². The second-order valence-electron chi connectivity index (χ2n) is 3.63. The van der Waals surface area contributed by atoms with Gasteiger partial charge in [0.2, 0.25) is 0 Å². The maximum atomic E-state index is 5.63. The highest BCUT2D eigenvalue weighted by Gasteiger charge is 2.02. The van der Waals surface area contributed by atoms with Crippen molar-refractivity contribution in [3.05, 3.63) is 40.3 Å². The molecular formula is C13H16N2O2S.